The Hall–Kier alpha value is -2.82. The van der Waals surface area contributed by atoms with Gasteiger partial charge >= 0.3 is 0 Å². The van der Waals surface area contributed by atoms with Crippen LogP contribution in [0.25, 0.3) is 0 Å². The van der Waals surface area contributed by atoms with E-state index in [9.17, 15) is 9.59 Å². The fourth-order valence-electron chi connectivity index (χ4n) is 4.22. The van der Waals surface area contributed by atoms with Gasteiger partial charge in [0.15, 0.2) is 0 Å². The van der Waals surface area contributed by atoms with Crippen LogP contribution in [0.4, 0.5) is 0 Å². The highest BCUT2D eigenvalue weighted by molar-refractivity contribution is 6.42. The molecule has 0 aromatic heterocycles. The standard InChI is InChI=1S/C29H32Cl2N2O2/c1-19(2)32-29(35)27(16-22-8-6-5-7-9-22)33(18-23-10-11-25(30)26(31)15-23)28(34)17-24-13-20(3)12-21(4)14-24/h5-15,19,27H,16-18H2,1-4H3,(H,32,35). The van der Waals surface area contributed by atoms with E-state index in [1.165, 1.54) is 0 Å². The van der Waals surface area contributed by atoms with Crippen molar-refractivity contribution in [2.24, 2.45) is 0 Å². The number of carbonyl (C=O) groups excluding carboxylic acids is 2. The Morgan fingerprint density at radius 1 is 0.829 bits per heavy atom. The molecule has 0 saturated carbocycles. The van der Waals surface area contributed by atoms with Crippen molar-refractivity contribution in [3.63, 3.8) is 0 Å². The second-order valence-corrected chi connectivity index (χ2v) is 10.1. The molecule has 0 aliphatic carbocycles. The highest BCUT2D eigenvalue weighted by Gasteiger charge is 2.31. The van der Waals surface area contributed by atoms with Crippen LogP contribution >= 0.6 is 23.2 Å². The highest BCUT2D eigenvalue weighted by atomic mass is 35.5. The molecule has 1 N–H and O–H groups in total. The molecule has 35 heavy (non-hydrogen) atoms. The Kier molecular flexibility index (Phi) is 9.36. The number of halogens is 2. The average molecular weight is 511 g/mol. The molecular weight excluding hydrogens is 479 g/mol. The number of aryl methyl sites for hydroxylation is 2. The lowest BCUT2D eigenvalue weighted by molar-refractivity contribution is -0.141. The molecule has 3 rings (SSSR count). The molecule has 1 atom stereocenters. The topological polar surface area (TPSA) is 49.4 Å². The number of benzene rings is 3. The van der Waals surface area contributed by atoms with Gasteiger partial charge in [-0.3, -0.25) is 9.59 Å². The summed E-state index contributed by atoms with van der Waals surface area (Å²) in [7, 11) is 0. The zero-order valence-corrected chi connectivity index (χ0v) is 22.2. The molecule has 3 aromatic carbocycles. The minimum atomic E-state index is -0.687. The van der Waals surface area contributed by atoms with Gasteiger partial charge in [0.2, 0.25) is 11.8 Å². The van der Waals surface area contributed by atoms with Gasteiger partial charge in [-0.1, -0.05) is 88.9 Å². The fraction of sp³-hybridized carbons (Fsp3) is 0.310. The van der Waals surface area contributed by atoms with Crippen LogP contribution in [-0.2, 0) is 29.0 Å². The Bertz CT molecular complexity index is 1160. The third kappa shape index (κ3) is 7.84. The van der Waals surface area contributed by atoms with Crippen LogP contribution in [0.5, 0.6) is 0 Å². The van der Waals surface area contributed by atoms with Gasteiger partial charge in [-0.25, -0.2) is 0 Å². The first-order valence-corrected chi connectivity index (χ1v) is 12.5. The normalized spacial score (nSPS) is 11.9. The molecule has 0 aliphatic rings. The predicted molar refractivity (Wildman–Crippen MR) is 144 cm³/mol. The number of hydrogen-bond donors (Lipinski definition) is 1. The van der Waals surface area contributed by atoms with E-state index in [0.717, 1.165) is 27.8 Å². The average Bonchev–Trinajstić information content (AvgIpc) is 2.78. The molecule has 6 heteroatoms. The fourth-order valence-corrected chi connectivity index (χ4v) is 4.54. The van der Waals surface area contributed by atoms with E-state index in [-0.39, 0.29) is 30.8 Å². The first-order valence-electron chi connectivity index (χ1n) is 11.8. The Morgan fingerprint density at radius 2 is 1.49 bits per heavy atom. The number of nitrogens with one attached hydrogen (secondary N) is 1. The lowest BCUT2D eigenvalue weighted by atomic mass is 10.00. The van der Waals surface area contributed by atoms with E-state index in [1.54, 1.807) is 17.0 Å². The van der Waals surface area contributed by atoms with E-state index in [2.05, 4.69) is 11.4 Å². The molecule has 0 fully saturated rings. The summed E-state index contributed by atoms with van der Waals surface area (Å²) in [4.78, 5) is 28.9. The minimum absolute atomic E-state index is 0.0536. The summed E-state index contributed by atoms with van der Waals surface area (Å²) in [5.74, 6) is -0.307. The van der Waals surface area contributed by atoms with Crippen LogP contribution in [0.15, 0.2) is 66.7 Å². The number of nitrogens with zero attached hydrogens (tertiary/aromatic N) is 1. The number of hydrogen-bond acceptors (Lipinski definition) is 2. The third-order valence-corrected chi connectivity index (χ3v) is 6.41. The molecule has 4 nitrogen and oxygen atoms in total. The van der Waals surface area contributed by atoms with E-state index in [4.69, 9.17) is 23.2 Å². The van der Waals surface area contributed by atoms with Crippen molar-refractivity contribution < 1.29 is 9.59 Å². The van der Waals surface area contributed by atoms with Crippen molar-refractivity contribution in [1.29, 1.82) is 0 Å². The van der Waals surface area contributed by atoms with Gasteiger partial charge in [0, 0.05) is 19.0 Å². The maximum atomic E-state index is 13.8. The van der Waals surface area contributed by atoms with Gasteiger partial charge in [-0.2, -0.15) is 0 Å². The lowest BCUT2D eigenvalue weighted by Crippen LogP contribution is -2.52. The van der Waals surface area contributed by atoms with Gasteiger partial charge in [0.05, 0.1) is 16.5 Å². The first-order chi connectivity index (χ1) is 16.6. The molecular formula is C29H32Cl2N2O2. The van der Waals surface area contributed by atoms with E-state index < -0.39 is 6.04 Å². The smallest absolute Gasteiger partial charge is 0.243 e. The van der Waals surface area contributed by atoms with Crippen molar-refractivity contribution in [2.45, 2.75) is 59.2 Å². The molecule has 2 amide bonds. The first kappa shape index (κ1) is 26.8. The molecule has 184 valence electrons. The van der Waals surface area contributed by atoms with Gasteiger partial charge in [0.1, 0.15) is 6.04 Å². The molecule has 0 bridgehead atoms. The van der Waals surface area contributed by atoms with Crippen LogP contribution < -0.4 is 5.32 Å². The molecule has 0 radical (unpaired) electrons. The number of carbonyl (C=O) groups is 2. The van der Waals surface area contributed by atoms with Gasteiger partial charge in [-0.15, -0.1) is 0 Å². The molecule has 0 aliphatic heterocycles. The maximum Gasteiger partial charge on any atom is 0.243 e. The van der Waals surface area contributed by atoms with E-state index >= 15 is 0 Å². The molecule has 0 spiro atoms. The van der Waals surface area contributed by atoms with E-state index in [1.807, 2.05) is 76.2 Å². The van der Waals surface area contributed by atoms with Gasteiger partial charge in [-0.05, 0) is 56.5 Å². The van der Waals surface area contributed by atoms with Crippen LogP contribution in [0.3, 0.4) is 0 Å². The summed E-state index contributed by atoms with van der Waals surface area (Å²) in [6, 6.07) is 20.4. The summed E-state index contributed by atoms with van der Waals surface area (Å²) in [6.45, 7) is 8.10. The summed E-state index contributed by atoms with van der Waals surface area (Å²) in [5.41, 5.74) is 4.91. The zero-order valence-electron chi connectivity index (χ0n) is 20.6. The number of amides is 2. The van der Waals surface area contributed by atoms with Crippen LogP contribution in [0, 0.1) is 13.8 Å². The predicted octanol–water partition coefficient (Wildman–Crippen LogP) is 6.32. The Morgan fingerprint density at radius 3 is 2.09 bits per heavy atom. The van der Waals surface area contributed by atoms with Crippen molar-refractivity contribution in [2.75, 3.05) is 0 Å². The highest BCUT2D eigenvalue weighted by Crippen LogP contribution is 2.25. The summed E-state index contributed by atoms with van der Waals surface area (Å²) >= 11 is 12.4. The quantitative estimate of drug-likeness (QED) is 0.366. The molecule has 1 unspecified atom stereocenters. The van der Waals surface area contributed by atoms with Crippen molar-refractivity contribution in [3.8, 4) is 0 Å². The minimum Gasteiger partial charge on any atom is -0.352 e. The van der Waals surface area contributed by atoms with Crippen LogP contribution in [0.1, 0.15) is 41.7 Å². The van der Waals surface area contributed by atoms with Crippen molar-refractivity contribution in [1.82, 2.24) is 10.2 Å². The summed E-state index contributed by atoms with van der Waals surface area (Å²) < 4.78 is 0. The Balaban J connectivity index is 2.00. The van der Waals surface area contributed by atoms with Crippen molar-refractivity contribution in [3.05, 3.63) is 105 Å². The maximum absolute atomic E-state index is 13.8. The second kappa shape index (κ2) is 12.2. The largest absolute Gasteiger partial charge is 0.352 e. The second-order valence-electron chi connectivity index (χ2n) is 9.31. The SMILES string of the molecule is Cc1cc(C)cc(CC(=O)N(Cc2ccc(Cl)c(Cl)c2)C(Cc2ccccc2)C(=O)NC(C)C)c1. The monoisotopic (exact) mass is 510 g/mol. The molecule has 3 aromatic rings. The van der Waals surface area contributed by atoms with Gasteiger partial charge < -0.3 is 10.2 Å². The zero-order chi connectivity index (χ0) is 25.5. The summed E-state index contributed by atoms with van der Waals surface area (Å²) in [6.07, 6.45) is 0.601. The lowest BCUT2D eigenvalue weighted by Gasteiger charge is -2.32. The summed E-state index contributed by atoms with van der Waals surface area (Å²) in [5, 5.41) is 3.87. The Labute approximate surface area is 218 Å². The van der Waals surface area contributed by atoms with Crippen molar-refractivity contribution >= 4 is 35.0 Å². The van der Waals surface area contributed by atoms with Crippen LogP contribution in [0.2, 0.25) is 10.0 Å². The molecule has 0 heterocycles. The van der Waals surface area contributed by atoms with E-state index in [0.29, 0.717) is 16.5 Å². The molecule has 0 saturated heterocycles. The van der Waals surface area contributed by atoms with Gasteiger partial charge in [0.25, 0.3) is 0 Å². The third-order valence-electron chi connectivity index (χ3n) is 5.68. The van der Waals surface area contributed by atoms with Crippen LogP contribution in [-0.4, -0.2) is 28.8 Å². The number of rotatable bonds is 9.